The summed E-state index contributed by atoms with van der Waals surface area (Å²) in [6.07, 6.45) is 0. The summed E-state index contributed by atoms with van der Waals surface area (Å²) in [5, 5.41) is 11.2. The minimum Gasteiger partial charge on any atom is -0.483 e. The smallest absolute Gasteiger partial charge is 0.292 e. The average molecular weight is 397 g/mol. The van der Waals surface area contributed by atoms with Gasteiger partial charge in [0.2, 0.25) is 0 Å². The van der Waals surface area contributed by atoms with Crippen molar-refractivity contribution in [1.82, 2.24) is 4.90 Å². The third-order valence-corrected chi connectivity index (χ3v) is 5.28. The maximum Gasteiger partial charge on any atom is 0.292 e. The molecule has 3 rings (SSSR count). The van der Waals surface area contributed by atoms with Gasteiger partial charge in [-0.25, -0.2) is 0 Å². The Morgan fingerprint density at radius 3 is 2.48 bits per heavy atom. The molecule has 0 radical (unpaired) electrons. The highest BCUT2D eigenvalue weighted by atomic mass is 16.6. The van der Waals surface area contributed by atoms with Crippen LogP contribution in [0.1, 0.15) is 30.9 Å². The number of hydrogen-bond acceptors (Lipinski definition) is 5. The first-order valence-electron chi connectivity index (χ1n) is 9.86. The number of nitro groups is 1. The summed E-state index contributed by atoms with van der Waals surface area (Å²) in [5.41, 5.74) is 2.87. The zero-order chi connectivity index (χ0) is 21.0. The van der Waals surface area contributed by atoms with Crippen LogP contribution in [0.4, 0.5) is 11.4 Å². The van der Waals surface area contributed by atoms with Crippen molar-refractivity contribution in [3.05, 3.63) is 63.7 Å². The molecule has 0 bridgehead atoms. The predicted molar refractivity (Wildman–Crippen MR) is 113 cm³/mol. The van der Waals surface area contributed by atoms with E-state index in [-0.39, 0.29) is 23.1 Å². The van der Waals surface area contributed by atoms with E-state index < -0.39 is 0 Å². The van der Waals surface area contributed by atoms with Crippen LogP contribution >= 0.6 is 0 Å². The van der Waals surface area contributed by atoms with Gasteiger partial charge in [0.25, 0.3) is 11.6 Å². The standard InChI is InChI=1S/C22H27N3O4/c1-16(2)18-9-8-17(3)21(14-18)29-15-22(26)24-12-10-23(11-13-24)19-6-4-5-7-20(19)25(27)28/h4-9,14,16H,10-13,15H2,1-3H3. The van der Waals surface area contributed by atoms with E-state index in [2.05, 4.69) is 19.9 Å². The molecule has 7 heteroatoms. The first-order valence-corrected chi connectivity index (χ1v) is 9.86. The van der Waals surface area contributed by atoms with Crippen molar-refractivity contribution in [3.63, 3.8) is 0 Å². The van der Waals surface area contributed by atoms with Crippen molar-refractivity contribution in [1.29, 1.82) is 0 Å². The third kappa shape index (κ3) is 4.85. The Hall–Kier alpha value is -3.09. The number of nitro benzene ring substituents is 1. The van der Waals surface area contributed by atoms with Crippen LogP contribution < -0.4 is 9.64 Å². The van der Waals surface area contributed by atoms with Gasteiger partial charge in [0.15, 0.2) is 6.61 Å². The summed E-state index contributed by atoms with van der Waals surface area (Å²) in [5.74, 6) is 1.06. The highest BCUT2D eigenvalue weighted by Crippen LogP contribution is 2.28. The molecule has 0 spiro atoms. The van der Waals surface area contributed by atoms with Crippen LogP contribution in [0.2, 0.25) is 0 Å². The molecule has 0 aliphatic carbocycles. The second kappa shape index (κ2) is 8.94. The Labute approximate surface area is 171 Å². The Balaban J connectivity index is 1.57. The second-order valence-corrected chi connectivity index (χ2v) is 7.58. The molecule has 29 heavy (non-hydrogen) atoms. The summed E-state index contributed by atoms with van der Waals surface area (Å²) in [4.78, 5) is 27.2. The summed E-state index contributed by atoms with van der Waals surface area (Å²) >= 11 is 0. The molecule has 7 nitrogen and oxygen atoms in total. The van der Waals surface area contributed by atoms with Crippen molar-refractivity contribution in [3.8, 4) is 5.75 Å². The minimum atomic E-state index is -0.367. The lowest BCUT2D eigenvalue weighted by Gasteiger charge is -2.35. The topological polar surface area (TPSA) is 75.9 Å². The number of ether oxygens (including phenoxy) is 1. The summed E-state index contributed by atoms with van der Waals surface area (Å²) in [7, 11) is 0. The fourth-order valence-corrected chi connectivity index (χ4v) is 3.44. The number of hydrogen-bond donors (Lipinski definition) is 0. The van der Waals surface area contributed by atoms with Gasteiger partial charge in [0.05, 0.1) is 4.92 Å². The molecule has 154 valence electrons. The third-order valence-electron chi connectivity index (χ3n) is 5.28. The number of carbonyl (C=O) groups is 1. The van der Waals surface area contributed by atoms with Crippen LogP contribution in [0.15, 0.2) is 42.5 Å². The van der Waals surface area contributed by atoms with E-state index in [1.165, 1.54) is 11.6 Å². The first kappa shape index (κ1) is 20.6. The molecule has 0 atom stereocenters. The van der Waals surface area contributed by atoms with Gasteiger partial charge in [0.1, 0.15) is 11.4 Å². The van der Waals surface area contributed by atoms with Gasteiger partial charge in [-0.2, -0.15) is 0 Å². The maximum absolute atomic E-state index is 12.6. The monoisotopic (exact) mass is 397 g/mol. The molecule has 1 fully saturated rings. The van der Waals surface area contributed by atoms with Crippen molar-refractivity contribution >= 4 is 17.3 Å². The van der Waals surface area contributed by atoms with Crippen molar-refractivity contribution in [2.75, 3.05) is 37.7 Å². The predicted octanol–water partition coefficient (Wildman–Crippen LogP) is 3.75. The lowest BCUT2D eigenvalue weighted by molar-refractivity contribution is -0.384. The number of anilines is 1. The second-order valence-electron chi connectivity index (χ2n) is 7.58. The van der Waals surface area contributed by atoms with E-state index in [9.17, 15) is 14.9 Å². The largest absolute Gasteiger partial charge is 0.483 e. The van der Waals surface area contributed by atoms with Crippen LogP contribution in [-0.2, 0) is 4.79 Å². The molecule has 1 saturated heterocycles. The molecule has 1 heterocycles. The molecule has 0 aromatic heterocycles. The van der Waals surface area contributed by atoms with Crippen molar-refractivity contribution in [2.24, 2.45) is 0 Å². The molecule has 2 aromatic carbocycles. The Kier molecular flexibility index (Phi) is 6.36. The number of carbonyl (C=O) groups excluding carboxylic acids is 1. The normalized spacial score (nSPS) is 14.2. The van der Waals surface area contributed by atoms with Gasteiger partial charge in [-0.1, -0.05) is 38.1 Å². The fraction of sp³-hybridized carbons (Fsp3) is 0.409. The van der Waals surface area contributed by atoms with E-state index in [1.54, 1.807) is 23.1 Å². The first-order chi connectivity index (χ1) is 13.9. The van der Waals surface area contributed by atoms with Crippen LogP contribution in [0, 0.1) is 17.0 Å². The molecule has 0 N–H and O–H groups in total. The van der Waals surface area contributed by atoms with Crippen LogP contribution in [0.25, 0.3) is 0 Å². The Morgan fingerprint density at radius 1 is 1.14 bits per heavy atom. The molecular weight excluding hydrogens is 370 g/mol. The van der Waals surface area contributed by atoms with Crippen LogP contribution in [0.5, 0.6) is 5.75 Å². The van der Waals surface area contributed by atoms with Crippen molar-refractivity contribution in [2.45, 2.75) is 26.7 Å². The lowest BCUT2D eigenvalue weighted by atomic mass is 10.0. The van der Waals surface area contributed by atoms with Gasteiger partial charge in [-0.15, -0.1) is 0 Å². The molecule has 2 aromatic rings. The van der Waals surface area contributed by atoms with Crippen LogP contribution in [-0.4, -0.2) is 48.5 Å². The van der Waals surface area contributed by atoms with Crippen LogP contribution in [0.3, 0.4) is 0 Å². The fourth-order valence-electron chi connectivity index (χ4n) is 3.44. The van der Waals surface area contributed by atoms with E-state index >= 15 is 0 Å². The van der Waals surface area contributed by atoms with E-state index in [0.717, 1.165) is 11.3 Å². The summed E-state index contributed by atoms with van der Waals surface area (Å²) in [6.45, 7) is 8.34. The number of nitrogens with zero attached hydrogens (tertiary/aromatic N) is 3. The number of benzene rings is 2. The summed E-state index contributed by atoms with van der Waals surface area (Å²) in [6, 6.07) is 12.8. The molecule has 0 saturated carbocycles. The summed E-state index contributed by atoms with van der Waals surface area (Å²) < 4.78 is 5.81. The minimum absolute atomic E-state index is 0.00608. The quantitative estimate of drug-likeness (QED) is 0.548. The number of piperazine rings is 1. The van der Waals surface area contributed by atoms with Gasteiger partial charge >= 0.3 is 0 Å². The van der Waals surface area contributed by atoms with Gasteiger partial charge in [0, 0.05) is 32.2 Å². The zero-order valence-electron chi connectivity index (χ0n) is 17.1. The lowest BCUT2D eigenvalue weighted by Crippen LogP contribution is -2.50. The average Bonchev–Trinajstić information content (AvgIpc) is 2.72. The van der Waals surface area contributed by atoms with E-state index in [4.69, 9.17) is 4.74 Å². The van der Waals surface area contributed by atoms with E-state index in [1.807, 2.05) is 24.0 Å². The molecular formula is C22H27N3O4. The van der Waals surface area contributed by atoms with Gasteiger partial charge in [-0.05, 0) is 36.1 Å². The maximum atomic E-state index is 12.6. The number of para-hydroxylation sites is 2. The van der Waals surface area contributed by atoms with Crippen molar-refractivity contribution < 1.29 is 14.5 Å². The SMILES string of the molecule is Cc1ccc(C(C)C)cc1OCC(=O)N1CCN(c2ccccc2[N+](=O)[O-])CC1. The Morgan fingerprint density at radius 2 is 1.83 bits per heavy atom. The molecule has 1 aliphatic rings. The number of amides is 1. The zero-order valence-corrected chi connectivity index (χ0v) is 17.1. The highest BCUT2D eigenvalue weighted by molar-refractivity contribution is 5.78. The van der Waals surface area contributed by atoms with Gasteiger partial charge in [-0.3, -0.25) is 14.9 Å². The number of rotatable bonds is 6. The molecule has 1 amide bonds. The molecule has 0 unspecified atom stereocenters. The Bertz CT molecular complexity index is 889. The number of aryl methyl sites for hydroxylation is 1. The molecule has 1 aliphatic heterocycles. The van der Waals surface area contributed by atoms with Gasteiger partial charge < -0.3 is 14.5 Å². The highest BCUT2D eigenvalue weighted by Gasteiger charge is 2.25. The van der Waals surface area contributed by atoms with E-state index in [0.29, 0.717) is 37.8 Å².